The lowest BCUT2D eigenvalue weighted by Crippen LogP contribution is -2.38. The molecular weight excluding hydrogens is 444 g/mol. The molecule has 35 heavy (non-hydrogen) atoms. The first-order valence-electron chi connectivity index (χ1n) is 12.5. The molecule has 0 bridgehead atoms. The van der Waals surface area contributed by atoms with Crippen molar-refractivity contribution in [2.75, 3.05) is 36.0 Å². The zero-order valence-electron chi connectivity index (χ0n) is 20.6. The van der Waals surface area contributed by atoms with E-state index in [1.807, 2.05) is 24.4 Å². The van der Waals surface area contributed by atoms with Gasteiger partial charge in [-0.2, -0.15) is 4.98 Å². The SMILES string of the molecule is CC(C)c1noc(N2CCC([C@H](C)Oc3cnc(N4C[C@H](c5ccccn5)[C@@H](N)C4)nc3)CC2)n1. The van der Waals surface area contributed by atoms with Crippen LogP contribution in [0.1, 0.15) is 57.0 Å². The van der Waals surface area contributed by atoms with Crippen LogP contribution in [0.3, 0.4) is 0 Å². The smallest absolute Gasteiger partial charge is 0.324 e. The molecule has 0 aliphatic carbocycles. The zero-order chi connectivity index (χ0) is 24.4. The number of pyridine rings is 1. The zero-order valence-corrected chi connectivity index (χ0v) is 20.6. The van der Waals surface area contributed by atoms with E-state index in [4.69, 9.17) is 15.0 Å². The van der Waals surface area contributed by atoms with Gasteiger partial charge in [-0.15, -0.1) is 0 Å². The Hall–Kier alpha value is -3.27. The molecule has 3 aromatic heterocycles. The number of hydrogen-bond acceptors (Lipinski definition) is 10. The number of piperidine rings is 1. The van der Waals surface area contributed by atoms with Crippen LogP contribution < -0.4 is 20.3 Å². The molecule has 2 aliphatic heterocycles. The van der Waals surface area contributed by atoms with Gasteiger partial charge in [0.1, 0.15) is 0 Å². The highest BCUT2D eigenvalue weighted by Gasteiger charge is 2.33. The number of rotatable bonds is 7. The largest absolute Gasteiger partial charge is 0.487 e. The molecule has 2 N–H and O–H groups in total. The van der Waals surface area contributed by atoms with Gasteiger partial charge in [0.15, 0.2) is 11.6 Å². The minimum Gasteiger partial charge on any atom is -0.487 e. The van der Waals surface area contributed by atoms with Gasteiger partial charge in [-0.1, -0.05) is 25.1 Å². The second kappa shape index (κ2) is 10.2. The summed E-state index contributed by atoms with van der Waals surface area (Å²) >= 11 is 0. The van der Waals surface area contributed by atoms with Gasteiger partial charge in [0.25, 0.3) is 0 Å². The van der Waals surface area contributed by atoms with E-state index in [1.165, 1.54) is 0 Å². The number of aromatic nitrogens is 5. The number of nitrogens with two attached hydrogens (primary N) is 1. The third-order valence-electron chi connectivity index (χ3n) is 7.07. The van der Waals surface area contributed by atoms with Crippen molar-refractivity contribution in [2.45, 2.75) is 57.6 Å². The molecule has 0 aromatic carbocycles. The molecular formula is C25H34N8O2. The molecule has 5 rings (SSSR count). The summed E-state index contributed by atoms with van der Waals surface area (Å²) in [6.45, 7) is 9.46. The van der Waals surface area contributed by atoms with Crippen molar-refractivity contribution >= 4 is 12.0 Å². The van der Waals surface area contributed by atoms with Gasteiger partial charge < -0.3 is 24.8 Å². The standard InChI is InChI=1S/C25H34N8O2/c1-16(2)23-30-25(35-31-23)32-10-7-18(8-11-32)17(3)34-19-12-28-24(29-13-19)33-14-20(21(26)15-33)22-6-4-5-9-27-22/h4-6,9,12-13,16-18,20-21H,7-8,10-11,14-15,26H2,1-3H3/t17-,20-,21-/m0/s1. The van der Waals surface area contributed by atoms with Gasteiger partial charge >= 0.3 is 6.01 Å². The Bertz CT molecular complexity index is 1080. The third-order valence-corrected chi connectivity index (χ3v) is 7.07. The fourth-order valence-electron chi connectivity index (χ4n) is 4.89. The molecule has 186 valence electrons. The lowest BCUT2D eigenvalue weighted by atomic mass is 9.92. The van der Waals surface area contributed by atoms with Gasteiger partial charge in [-0.3, -0.25) is 4.98 Å². The van der Waals surface area contributed by atoms with Crippen molar-refractivity contribution in [3.8, 4) is 5.75 Å². The molecule has 3 atom stereocenters. The molecule has 0 unspecified atom stereocenters. The summed E-state index contributed by atoms with van der Waals surface area (Å²) in [4.78, 5) is 22.4. The van der Waals surface area contributed by atoms with Crippen molar-refractivity contribution in [3.63, 3.8) is 0 Å². The molecule has 0 radical (unpaired) electrons. The van der Waals surface area contributed by atoms with Crippen LogP contribution in [0.25, 0.3) is 0 Å². The first-order chi connectivity index (χ1) is 17.0. The Morgan fingerprint density at radius 3 is 2.46 bits per heavy atom. The minimum absolute atomic E-state index is 0.000522. The number of anilines is 2. The lowest BCUT2D eigenvalue weighted by molar-refractivity contribution is 0.131. The molecule has 0 saturated carbocycles. The maximum absolute atomic E-state index is 6.40. The van der Waals surface area contributed by atoms with E-state index < -0.39 is 0 Å². The van der Waals surface area contributed by atoms with Gasteiger partial charge in [-0.25, -0.2) is 9.97 Å². The van der Waals surface area contributed by atoms with Crippen LogP contribution >= 0.6 is 0 Å². The van der Waals surface area contributed by atoms with Crippen molar-refractivity contribution in [1.82, 2.24) is 25.1 Å². The normalized spacial score (nSPS) is 22.1. The van der Waals surface area contributed by atoms with Crippen molar-refractivity contribution < 1.29 is 9.26 Å². The molecule has 0 amide bonds. The molecule has 2 saturated heterocycles. The molecule has 10 nitrogen and oxygen atoms in total. The topological polar surface area (TPSA) is 119 Å². The summed E-state index contributed by atoms with van der Waals surface area (Å²) in [6.07, 6.45) is 7.40. The molecule has 5 heterocycles. The summed E-state index contributed by atoms with van der Waals surface area (Å²) in [6, 6.07) is 6.57. The summed E-state index contributed by atoms with van der Waals surface area (Å²) in [5.41, 5.74) is 7.42. The second-order valence-electron chi connectivity index (χ2n) is 9.89. The highest BCUT2D eigenvalue weighted by atomic mass is 16.5. The highest BCUT2D eigenvalue weighted by Crippen LogP contribution is 2.29. The first kappa shape index (κ1) is 23.5. The molecule has 3 aromatic rings. The second-order valence-corrected chi connectivity index (χ2v) is 9.89. The summed E-state index contributed by atoms with van der Waals surface area (Å²) in [7, 11) is 0. The quantitative estimate of drug-likeness (QED) is 0.543. The number of hydrogen-bond donors (Lipinski definition) is 1. The Labute approximate surface area is 205 Å². The van der Waals surface area contributed by atoms with Gasteiger partial charge in [0.2, 0.25) is 5.95 Å². The maximum Gasteiger partial charge on any atom is 0.324 e. The van der Waals surface area contributed by atoms with Crippen molar-refractivity contribution in [3.05, 3.63) is 48.3 Å². The summed E-state index contributed by atoms with van der Waals surface area (Å²) in [5, 5.41) is 4.08. The fourth-order valence-corrected chi connectivity index (χ4v) is 4.89. The van der Waals surface area contributed by atoms with Crippen LogP contribution in [0.4, 0.5) is 12.0 Å². The monoisotopic (exact) mass is 478 g/mol. The maximum atomic E-state index is 6.40. The molecule has 2 fully saturated rings. The van der Waals surface area contributed by atoms with Crippen LogP contribution in [-0.2, 0) is 0 Å². The fraction of sp³-hybridized carbons (Fsp3) is 0.560. The number of nitrogens with zero attached hydrogens (tertiary/aromatic N) is 7. The van der Waals surface area contributed by atoms with E-state index >= 15 is 0 Å². The van der Waals surface area contributed by atoms with Crippen LogP contribution in [0.5, 0.6) is 5.75 Å². The van der Waals surface area contributed by atoms with E-state index in [0.29, 0.717) is 30.2 Å². The highest BCUT2D eigenvalue weighted by molar-refractivity contribution is 5.37. The van der Waals surface area contributed by atoms with Gasteiger partial charge in [0.05, 0.1) is 18.5 Å². The van der Waals surface area contributed by atoms with Crippen LogP contribution in [0.15, 0.2) is 41.3 Å². The van der Waals surface area contributed by atoms with Crippen LogP contribution in [0.2, 0.25) is 0 Å². The Morgan fingerprint density at radius 1 is 1.03 bits per heavy atom. The van der Waals surface area contributed by atoms with Crippen molar-refractivity contribution in [1.29, 1.82) is 0 Å². The van der Waals surface area contributed by atoms with Gasteiger partial charge in [-0.05, 0) is 37.8 Å². The Balaban J connectivity index is 1.13. The molecule has 10 heteroatoms. The lowest BCUT2D eigenvalue weighted by Gasteiger charge is -2.33. The Kier molecular flexibility index (Phi) is 6.81. The molecule has 2 aliphatic rings. The predicted molar refractivity (Wildman–Crippen MR) is 133 cm³/mol. The van der Waals surface area contributed by atoms with E-state index in [1.54, 1.807) is 12.4 Å². The van der Waals surface area contributed by atoms with Gasteiger partial charge in [0, 0.05) is 55.9 Å². The van der Waals surface area contributed by atoms with Crippen LogP contribution in [-0.4, -0.2) is 63.4 Å². The average Bonchev–Trinajstić information content (AvgIpc) is 3.53. The third kappa shape index (κ3) is 5.22. The molecule has 0 spiro atoms. The van der Waals surface area contributed by atoms with E-state index in [0.717, 1.165) is 44.0 Å². The predicted octanol–water partition coefficient (Wildman–Crippen LogP) is 2.99. The van der Waals surface area contributed by atoms with Crippen molar-refractivity contribution in [2.24, 2.45) is 11.7 Å². The summed E-state index contributed by atoms with van der Waals surface area (Å²) < 4.78 is 11.7. The van der Waals surface area contributed by atoms with E-state index in [9.17, 15) is 0 Å². The number of ether oxygens (including phenoxy) is 1. The average molecular weight is 479 g/mol. The van der Waals surface area contributed by atoms with E-state index in [-0.39, 0.29) is 24.0 Å². The summed E-state index contributed by atoms with van der Waals surface area (Å²) in [5.74, 6) is 2.99. The minimum atomic E-state index is -0.000522. The van der Waals surface area contributed by atoms with Crippen LogP contribution in [0, 0.1) is 5.92 Å². The van der Waals surface area contributed by atoms with E-state index in [2.05, 4.69) is 55.7 Å². The first-order valence-corrected chi connectivity index (χ1v) is 12.5. The Morgan fingerprint density at radius 2 is 1.80 bits per heavy atom.